The van der Waals surface area contributed by atoms with Crippen molar-refractivity contribution < 1.29 is 14.4 Å². The molecular weight excluding hydrogens is 298 g/mol. The van der Waals surface area contributed by atoms with Crippen LogP contribution in [0.25, 0.3) is 0 Å². The van der Waals surface area contributed by atoms with Crippen LogP contribution in [0.2, 0.25) is 0 Å². The van der Waals surface area contributed by atoms with Gasteiger partial charge >= 0.3 is 0 Å². The molecule has 5 heteroatoms. The minimum absolute atomic E-state index is 0.177. The molecular formula is C17H13NO3S. The Balaban J connectivity index is 2.31. The van der Waals surface area contributed by atoms with Crippen molar-refractivity contribution in [3.05, 3.63) is 64.2 Å². The van der Waals surface area contributed by atoms with E-state index in [0.717, 1.165) is 0 Å². The molecule has 3 rings (SSSR count). The van der Waals surface area contributed by atoms with Crippen LogP contribution in [0.1, 0.15) is 42.2 Å². The summed E-state index contributed by atoms with van der Waals surface area (Å²) >= 11 is 1.30. The minimum Gasteiger partial charge on any atom is -0.355 e. The van der Waals surface area contributed by atoms with Gasteiger partial charge in [0.2, 0.25) is 0 Å². The minimum atomic E-state index is -0.272. The molecule has 0 unspecified atom stereocenters. The maximum atomic E-state index is 12.8. The molecule has 1 aliphatic carbocycles. The summed E-state index contributed by atoms with van der Waals surface area (Å²) in [6.45, 7) is 0. The maximum absolute atomic E-state index is 12.8. The molecule has 0 heterocycles. The lowest BCUT2D eigenvalue weighted by Crippen LogP contribution is -2.25. The van der Waals surface area contributed by atoms with Gasteiger partial charge in [0, 0.05) is 34.2 Å². The largest absolute Gasteiger partial charge is 0.355 e. The van der Waals surface area contributed by atoms with Crippen LogP contribution in [-0.4, -0.2) is 30.8 Å². The molecule has 1 amide bonds. The lowest BCUT2D eigenvalue weighted by atomic mass is 9.83. The normalized spacial score (nSPS) is 12.6. The average Bonchev–Trinajstić information content (AvgIpc) is 2.57. The summed E-state index contributed by atoms with van der Waals surface area (Å²) in [5.74, 6) is -0.657. The van der Waals surface area contributed by atoms with Gasteiger partial charge in [0.1, 0.15) is 0 Å². The van der Waals surface area contributed by atoms with Crippen LogP contribution in [0.3, 0.4) is 0 Å². The number of hydrogen-bond acceptors (Lipinski definition) is 4. The van der Waals surface area contributed by atoms with E-state index >= 15 is 0 Å². The van der Waals surface area contributed by atoms with Gasteiger partial charge in [-0.25, -0.2) is 0 Å². The van der Waals surface area contributed by atoms with Crippen LogP contribution in [0.4, 0.5) is 0 Å². The summed E-state index contributed by atoms with van der Waals surface area (Å²) < 4.78 is 0. The van der Waals surface area contributed by atoms with Crippen LogP contribution in [0.5, 0.6) is 0 Å². The number of hydrogen-bond donors (Lipinski definition) is 1. The molecule has 110 valence electrons. The third-order valence-corrected chi connectivity index (χ3v) is 4.55. The monoisotopic (exact) mass is 311 g/mol. The highest BCUT2D eigenvalue weighted by Gasteiger charge is 2.33. The highest BCUT2D eigenvalue weighted by atomic mass is 32.2. The topological polar surface area (TPSA) is 63.2 Å². The number of ketones is 2. The second kappa shape index (κ2) is 5.42. The fourth-order valence-electron chi connectivity index (χ4n) is 2.68. The first-order valence-electron chi connectivity index (χ1n) is 6.71. The van der Waals surface area contributed by atoms with E-state index < -0.39 is 0 Å². The maximum Gasteiger partial charge on any atom is 0.252 e. The van der Waals surface area contributed by atoms with Gasteiger partial charge in [-0.3, -0.25) is 14.4 Å². The van der Waals surface area contributed by atoms with Crippen LogP contribution >= 0.6 is 11.8 Å². The molecule has 4 nitrogen and oxygen atoms in total. The van der Waals surface area contributed by atoms with Crippen LogP contribution in [0, 0.1) is 0 Å². The van der Waals surface area contributed by atoms with Gasteiger partial charge in [0.15, 0.2) is 11.6 Å². The predicted molar refractivity (Wildman–Crippen MR) is 84.9 cm³/mol. The van der Waals surface area contributed by atoms with E-state index in [9.17, 15) is 14.4 Å². The number of carbonyl (C=O) groups excluding carboxylic acids is 3. The second-order valence-corrected chi connectivity index (χ2v) is 5.67. The Labute approximate surface area is 131 Å². The van der Waals surface area contributed by atoms with Gasteiger partial charge < -0.3 is 5.32 Å². The third kappa shape index (κ3) is 1.97. The smallest absolute Gasteiger partial charge is 0.252 e. The van der Waals surface area contributed by atoms with Crippen molar-refractivity contribution >= 4 is 29.2 Å². The highest BCUT2D eigenvalue weighted by Crippen LogP contribution is 2.35. The zero-order valence-corrected chi connectivity index (χ0v) is 12.9. The standard InChI is InChI=1S/C17H13NO3S/c1-18-17(21)12-8-7-11-13(16(12)22-2)15(20)10-6-4-3-5-9(10)14(11)19/h3-8H,1-2H3,(H,18,21). The molecule has 0 saturated heterocycles. The molecule has 0 aliphatic heterocycles. The lowest BCUT2D eigenvalue weighted by Gasteiger charge is -2.21. The van der Waals surface area contributed by atoms with Gasteiger partial charge in [0.25, 0.3) is 5.91 Å². The fourth-order valence-corrected chi connectivity index (χ4v) is 3.47. The Morgan fingerprint density at radius 3 is 2.18 bits per heavy atom. The summed E-state index contributed by atoms with van der Waals surface area (Å²) in [6, 6.07) is 9.94. The first kappa shape index (κ1) is 14.5. The molecule has 2 aromatic carbocycles. The number of fused-ring (bicyclic) bond motifs is 2. The van der Waals surface area contributed by atoms with Gasteiger partial charge in [-0.2, -0.15) is 0 Å². The highest BCUT2D eigenvalue weighted by molar-refractivity contribution is 7.98. The number of thioether (sulfide) groups is 1. The molecule has 0 bridgehead atoms. The quantitative estimate of drug-likeness (QED) is 0.739. The first-order chi connectivity index (χ1) is 10.6. The number of amides is 1. The summed E-state index contributed by atoms with van der Waals surface area (Å²) in [5.41, 5.74) is 1.91. The zero-order chi connectivity index (χ0) is 15.9. The fraction of sp³-hybridized carbons (Fsp3) is 0.118. The van der Waals surface area contributed by atoms with E-state index in [2.05, 4.69) is 5.32 Å². The number of nitrogens with one attached hydrogen (secondary N) is 1. The molecule has 0 radical (unpaired) electrons. The molecule has 0 aromatic heterocycles. The summed E-state index contributed by atoms with van der Waals surface area (Å²) in [5, 5.41) is 2.56. The second-order valence-electron chi connectivity index (χ2n) is 4.85. The van der Waals surface area contributed by atoms with E-state index in [-0.39, 0.29) is 17.5 Å². The molecule has 0 saturated carbocycles. The van der Waals surface area contributed by atoms with Crippen LogP contribution in [-0.2, 0) is 0 Å². The van der Waals surface area contributed by atoms with E-state index in [4.69, 9.17) is 0 Å². The van der Waals surface area contributed by atoms with E-state index in [0.29, 0.717) is 32.7 Å². The first-order valence-corrected chi connectivity index (χ1v) is 7.94. The van der Waals surface area contributed by atoms with E-state index in [1.54, 1.807) is 42.7 Å². The SMILES string of the molecule is CNC(=O)c1ccc2c(c1SC)C(=O)c1ccccc1C2=O. The van der Waals surface area contributed by atoms with E-state index in [1.807, 2.05) is 0 Å². The molecule has 0 spiro atoms. The van der Waals surface area contributed by atoms with Crippen molar-refractivity contribution in [2.24, 2.45) is 0 Å². The lowest BCUT2D eigenvalue weighted by molar-refractivity contribution is 0.0955. The van der Waals surface area contributed by atoms with Gasteiger partial charge in [0.05, 0.1) is 5.56 Å². The van der Waals surface area contributed by atoms with Crippen molar-refractivity contribution in [1.82, 2.24) is 5.32 Å². The Morgan fingerprint density at radius 2 is 1.59 bits per heavy atom. The van der Waals surface area contributed by atoms with Crippen molar-refractivity contribution in [1.29, 1.82) is 0 Å². The molecule has 22 heavy (non-hydrogen) atoms. The Kier molecular flexibility index (Phi) is 3.58. The number of carbonyl (C=O) groups is 3. The average molecular weight is 311 g/mol. The number of rotatable bonds is 2. The number of benzene rings is 2. The Bertz CT molecular complexity index is 827. The third-order valence-electron chi connectivity index (χ3n) is 3.72. The summed E-state index contributed by atoms with van der Waals surface area (Å²) in [6.07, 6.45) is 1.79. The summed E-state index contributed by atoms with van der Waals surface area (Å²) in [4.78, 5) is 37.9. The summed E-state index contributed by atoms with van der Waals surface area (Å²) in [7, 11) is 1.54. The zero-order valence-electron chi connectivity index (χ0n) is 12.1. The Hall–Kier alpha value is -2.40. The van der Waals surface area contributed by atoms with E-state index in [1.165, 1.54) is 18.8 Å². The molecule has 1 aliphatic rings. The van der Waals surface area contributed by atoms with Gasteiger partial charge in [-0.15, -0.1) is 11.8 Å². The molecule has 0 fully saturated rings. The van der Waals surface area contributed by atoms with Gasteiger partial charge in [-0.1, -0.05) is 24.3 Å². The van der Waals surface area contributed by atoms with Crippen molar-refractivity contribution in [2.75, 3.05) is 13.3 Å². The van der Waals surface area contributed by atoms with Crippen molar-refractivity contribution in [2.45, 2.75) is 4.90 Å². The molecule has 2 aromatic rings. The van der Waals surface area contributed by atoms with Crippen LogP contribution < -0.4 is 5.32 Å². The van der Waals surface area contributed by atoms with Crippen molar-refractivity contribution in [3.8, 4) is 0 Å². The molecule has 0 atom stereocenters. The Morgan fingerprint density at radius 1 is 0.955 bits per heavy atom. The predicted octanol–water partition coefficient (Wildman–Crippen LogP) is 2.54. The van der Waals surface area contributed by atoms with Crippen LogP contribution in [0.15, 0.2) is 41.3 Å². The van der Waals surface area contributed by atoms with Gasteiger partial charge in [-0.05, 0) is 18.4 Å². The van der Waals surface area contributed by atoms with Crippen molar-refractivity contribution in [3.63, 3.8) is 0 Å². The molecule has 1 N–H and O–H groups in total.